The number of methoxy groups -OCH3 is 1. The number of ether oxygens (including phenoxy) is 1. The first-order chi connectivity index (χ1) is 8.69. The third-order valence-corrected chi connectivity index (χ3v) is 4.45. The number of benzene rings is 1. The quantitative estimate of drug-likeness (QED) is 0.834. The molecule has 1 N–H and O–H groups in total. The highest BCUT2D eigenvalue weighted by atomic mass is 16.5. The van der Waals surface area contributed by atoms with Crippen LogP contribution in [-0.4, -0.2) is 25.8 Å². The minimum absolute atomic E-state index is 0.149. The van der Waals surface area contributed by atoms with E-state index >= 15 is 0 Å². The fourth-order valence-corrected chi connectivity index (χ4v) is 2.89. The molecule has 0 spiro atoms. The predicted molar refractivity (Wildman–Crippen MR) is 75.9 cm³/mol. The first-order valence-electron chi connectivity index (χ1n) is 6.96. The Bertz CT molecular complexity index is 379. The minimum atomic E-state index is 0.149. The molecule has 0 bridgehead atoms. The molecule has 1 aromatic carbocycles. The zero-order chi connectivity index (χ0) is 13.0. The van der Waals surface area contributed by atoms with Crippen molar-refractivity contribution in [2.45, 2.75) is 50.7 Å². The van der Waals surface area contributed by atoms with Crippen LogP contribution >= 0.6 is 0 Å². The lowest BCUT2D eigenvalue weighted by Crippen LogP contribution is -2.45. The molecule has 2 heteroatoms. The summed E-state index contributed by atoms with van der Waals surface area (Å²) in [7, 11) is 3.92. The van der Waals surface area contributed by atoms with Crippen LogP contribution in [0.25, 0.3) is 0 Å². The maximum atomic E-state index is 5.73. The molecule has 100 valence electrons. The zero-order valence-corrected chi connectivity index (χ0v) is 11.8. The van der Waals surface area contributed by atoms with E-state index in [1.807, 2.05) is 7.11 Å². The highest BCUT2D eigenvalue weighted by molar-refractivity contribution is 5.26. The topological polar surface area (TPSA) is 21.3 Å². The molecule has 2 rings (SSSR count). The Morgan fingerprint density at radius 1 is 1.33 bits per heavy atom. The Morgan fingerprint density at radius 3 is 2.56 bits per heavy atom. The Morgan fingerprint density at radius 2 is 2.06 bits per heavy atom. The molecular weight excluding hydrogens is 222 g/mol. The van der Waals surface area contributed by atoms with Gasteiger partial charge in [0, 0.05) is 13.2 Å². The standard InChI is InChI=1S/C16H25NO/c1-13-7-4-5-8-14(13)11-15(17-2)12-16(18-3)9-6-10-16/h4-5,7-8,15,17H,6,9-12H2,1-3H3. The average Bonchev–Trinajstić information content (AvgIpc) is 2.35. The molecule has 18 heavy (non-hydrogen) atoms. The van der Waals surface area contributed by atoms with E-state index in [-0.39, 0.29) is 5.60 Å². The van der Waals surface area contributed by atoms with E-state index in [4.69, 9.17) is 4.74 Å². The lowest BCUT2D eigenvalue weighted by Gasteiger charge is -2.43. The van der Waals surface area contributed by atoms with E-state index in [0.717, 1.165) is 12.8 Å². The van der Waals surface area contributed by atoms with Crippen molar-refractivity contribution in [1.29, 1.82) is 0 Å². The van der Waals surface area contributed by atoms with Gasteiger partial charge in [0.05, 0.1) is 5.60 Å². The zero-order valence-electron chi connectivity index (χ0n) is 11.8. The summed E-state index contributed by atoms with van der Waals surface area (Å²) in [5.74, 6) is 0. The van der Waals surface area contributed by atoms with Crippen LogP contribution in [0.5, 0.6) is 0 Å². The summed E-state index contributed by atoms with van der Waals surface area (Å²) < 4.78 is 5.73. The monoisotopic (exact) mass is 247 g/mol. The smallest absolute Gasteiger partial charge is 0.0693 e. The van der Waals surface area contributed by atoms with E-state index in [9.17, 15) is 0 Å². The molecule has 1 atom stereocenters. The fourth-order valence-electron chi connectivity index (χ4n) is 2.89. The lowest BCUT2D eigenvalue weighted by molar-refractivity contribution is -0.0830. The van der Waals surface area contributed by atoms with Gasteiger partial charge in [-0.3, -0.25) is 0 Å². The summed E-state index contributed by atoms with van der Waals surface area (Å²) in [4.78, 5) is 0. The average molecular weight is 247 g/mol. The van der Waals surface area contributed by atoms with E-state index in [0.29, 0.717) is 6.04 Å². The van der Waals surface area contributed by atoms with Gasteiger partial charge >= 0.3 is 0 Å². The number of aryl methyl sites for hydroxylation is 1. The lowest BCUT2D eigenvalue weighted by atomic mass is 9.75. The van der Waals surface area contributed by atoms with Gasteiger partial charge < -0.3 is 10.1 Å². The Hall–Kier alpha value is -0.860. The van der Waals surface area contributed by atoms with E-state index in [1.165, 1.54) is 30.4 Å². The third-order valence-electron chi connectivity index (χ3n) is 4.45. The third kappa shape index (κ3) is 2.93. The second-order valence-corrected chi connectivity index (χ2v) is 5.56. The van der Waals surface area contributed by atoms with Crippen LogP contribution in [0.3, 0.4) is 0 Å². The predicted octanol–water partition coefficient (Wildman–Crippen LogP) is 3.08. The normalized spacial score (nSPS) is 19.3. The fraction of sp³-hybridized carbons (Fsp3) is 0.625. The van der Waals surface area contributed by atoms with E-state index < -0.39 is 0 Å². The van der Waals surface area contributed by atoms with Gasteiger partial charge in [0.25, 0.3) is 0 Å². The SMILES string of the molecule is CNC(Cc1ccccc1C)CC1(OC)CCC1. The molecule has 1 fully saturated rings. The van der Waals surface area contributed by atoms with Crippen LogP contribution < -0.4 is 5.32 Å². The first-order valence-corrected chi connectivity index (χ1v) is 6.96. The van der Waals surface area contributed by atoms with Crippen molar-refractivity contribution < 1.29 is 4.74 Å². The first kappa shape index (κ1) is 13.6. The van der Waals surface area contributed by atoms with Crippen LogP contribution in [0.4, 0.5) is 0 Å². The second kappa shape index (κ2) is 5.85. The van der Waals surface area contributed by atoms with Crippen molar-refractivity contribution in [3.8, 4) is 0 Å². The van der Waals surface area contributed by atoms with Crippen molar-refractivity contribution in [2.75, 3.05) is 14.2 Å². The van der Waals surface area contributed by atoms with Crippen molar-refractivity contribution in [2.24, 2.45) is 0 Å². The number of nitrogens with one attached hydrogen (secondary N) is 1. The number of rotatable bonds is 6. The van der Waals surface area contributed by atoms with Crippen LogP contribution in [0.2, 0.25) is 0 Å². The molecule has 1 aromatic rings. The van der Waals surface area contributed by atoms with Crippen molar-refractivity contribution in [1.82, 2.24) is 5.32 Å². The molecule has 2 nitrogen and oxygen atoms in total. The minimum Gasteiger partial charge on any atom is -0.378 e. The molecular formula is C16H25NO. The van der Waals surface area contributed by atoms with Gasteiger partial charge in [-0.15, -0.1) is 0 Å². The summed E-state index contributed by atoms with van der Waals surface area (Å²) in [6.07, 6.45) is 5.96. The highest BCUT2D eigenvalue weighted by Crippen LogP contribution is 2.39. The van der Waals surface area contributed by atoms with Gasteiger partial charge in [0.1, 0.15) is 0 Å². The van der Waals surface area contributed by atoms with Gasteiger partial charge in [0.15, 0.2) is 0 Å². The second-order valence-electron chi connectivity index (χ2n) is 5.56. The molecule has 1 saturated carbocycles. The molecule has 1 unspecified atom stereocenters. The molecule has 0 aromatic heterocycles. The van der Waals surface area contributed by atoms with Crippen LogP contribution in [0.15, 0.2) is 24.3 Å². The van der Waals surface area contributed by atoms with Gasteiger partial charge in [-0.25, -0.2) is 0 Å². The van der Waals surface area contributed by atoms with Crippen molar-refractivity contribution >= 4 is 0 Å². The highest BCUT2D eigenvalue weighted by Gasteiger charge is 2.38. The molecule has 1 aliphatic rings. The molecule has 0 radical (unpaired) electrons. The summed E-state index contributed by atoms with van der Waals surface area (Å²) in [5.41, 5.74) is 2.98. The Labute approximate surface area is 111 Å². The maximum Gasteiger partial charge on any atom is 0.0693 e. The van der Waals surface area contributed by atoms with Gasteiger partial charge in [-0.05, 0) is 57.2 Å². The van der Waals surface area contributed by atoms with Crippen molar-refractivity contribution in [3.05, 3.63) is 35.4 Å². The Kier molecular flexibility index (Phi) is 4.41. The largest absolute Gasteiger partial charge is 0.378 e. The summed E-state index contributed by atoms with van der Waals surface area (Å²) in [5, 5.41) is 3.46. The molecule has 1 aliphatic carbocycles. The molecule has 0 saturated heterocycles. The van der Waals surface area contributed by atoms with Gasteiger partial charge in [-0.2, -0.15) is 0 Å². The van der Waals surface area contributed by atoms with Gasteiger partial charge in [-0.1, -0.05) is 24.3 Å². The summed E-state index contributed by atoms with van der Waals surface area (Å²) >= 11 is 0. The van der Waals surface area contributed by atoms with Crippen LogP contribution in [-0.2, 0) is 11.2 Å². The van der Waals surface area contributed by atoms with Crippen LogP contribution in [0.1, 0.15) is 36.8 Å². The maximum absolute atomic E-state index is 5.73. The van der Waals surface area contributed by atoms with Crippen LogP contribution in [0, 0.1) is 6.92 Å². The number of likely N-dealkylation sites (N-methyl/N-ethyl adjacent to an activating group) is 1. The van der Waals surface area contributed by atoms with Gasteiger partial charge in [0.2, 0.25) is 0 Å². The van der Waals surface area contributed by atoms with E-state index in [2.05, 4.69) is 43.6 Å². The molecule has 0 heterocycles. The number of hydrogen-bond donors (Lipinski definition) is 1. The summed E-state index contributed by atoms with van der Waals surface area (Å²) in [6.45, 7) is 2.19. The van der Waals surface area contributed by atoms with E-state index in [1.54, 1.807) is 0 Å². The summed E-state index contributed by atoms with van der Waals surface area (Å²) in [6, 6.07) is 9.17. The molecule has 0 amide bonds. The molecule has 0 aliphatic heterocycles. The van der Waals surface area contributed by atoms with Crippen molar-refractivity contribution in [3.63, 3.8) is 0 Å². The Balaban J connectivity index is 1.99. The number of hydrogen-bond acceptors (Lipinski definition) is 2.